The minimum Gasteiger partial charge on any atom is -0.504 e. The molecule has 4 N–H and O–H groups in total. The van der Waals surface area contributed by atoms with Crippen molar-refractivity contribution in [2.24, 2.45) is 0 Å². The molecule has 0 fully saturated rings. The minimum atomic E-state index is -0.503. The van der Waals surface area contributed by atoms with Gasteiger partial charge in [0.05, 0.1) is 5.52 Å². The highest BCUT2D eigenvalue weighted by atomic mass is 16.3. The Balaban J connectivity index is 1.82. The van der Waals surface area contributed by atoms with Crippen molar-refractivity contribution in [3.05, 3.63) is 54.2 Å². The van der Waals surface area contributed by atoms with Crippen molar-refractivity contribution < 1.29 is 15.3 Å². The average Bonchev–Trinajstić information content (AvgIpc) is 2.52. The Labute approximate surface area is 121 Å². The highest BCUT2D eigenvalue weighted by molar-refractivity contribution is 5.82. The van der Waals surface area contributed by atoms with Gasteiger partial charge in [-0.05, 0) is 36.4 Å². The molecule has 106 valence electrons. The third-order valence-corrected chi connectivity index (χ3v) is 3.30. The summed E-state index contributed by atoms with van der Waals surface area (Å²) in [6, 6.07) is 12.5. The summed E-state index contributed by atoms with van der Waals surface area (Å²) in [6.45, 7) is 0.325. The van der Waals surface area contributed by atoms with Crippen molar-refractivity contribution in [3.8, 4) is 17.2 Å². The Morgan fingerprint density at radius 2 is 1.81 bits per heavy atom. The normalized spacial score (nSPS) is 10.7. The van der Waals surface area contributed by atoms with E-state index in [9.17, 15) is 15.3 Å². The second-order valence-corrected chi connectivity index (χ2v) is 4.71. The summed E-state index contributed by atoms with van der Waals surface area (Å²) in [6.07, 6.45) is 1.74. The van der Waals surface area contributed by atoms with Crippen molar-refractivity contribution >= 4 is 16.6 Å². The Morgan fingerprint density at radius 3 is 2.67 bits per heavy atom. The lowest BCUT2D eigenvalue weighted by atomic mass is 10.1. The molecule has 0 saturated carbocycles. The second-order valence-electron chi connectivity index (χ2n) is 4.71. The lowest BCUT2D eigenvalue weighted by molar-refractivity contribution is 0.365. The van der Waals surface area contributed by atoms with Crippen LogP contribution in [0.25, 0.3) is 10.9 Å². The molecule has 5 nitrogen and oxygen atoms in total. The number of nitrogens with one attached hydrogen (secondary N) is 1. The number of rotatable bonds is 3. The second kappa shape index (κ2) is 5.20. The zero-order chi connectivity index (χ0) is 14.8. The van der Waals surface area contributed by atoms with Gasteiger partial charge in [0.25, 0.3) is 0 Å². The van der Waals surface area contributed by atoms with E-state index in [4.69, 9.17) is 0 Å². The highest BCUT2D eigenvalue weighted by Gasteiger charge is 2.10. The maximum atomic E-state index is 9.77. The molecule has 0 saturated heterocycles. The SMILES string of the molecule is Oc1ccc(CNc2ccc3ncccc3c2)c(O)c1O. The molecule has 5 heteroatoms. The fourth-order valence-electron chi connectivity index (χ4n) is 2.14. The van der Waals surface area contributed by atoms with Crippen LogP contribution in [0.1, 0.15) is 5.56 Å². The summed E-state index contributed by atoms with van der Waals surface area (Å²) in [7, 11) is 0. The van der Waals surface area contributed by atoms with Crippen LogP contribution in [0, 0.1) is 0 Å². The van der Waals surface area contributed by atoms with Crippen LogP contribution >= 0.6 is 0 Å². The molecule has 1 heterocycles. The number of hydrogen-bond acceptors (Lipinski definition) is 5. The summed E-state index contributed by atoms with van der Waals surface area (Å²) in [5.74, 6) is -1.16. The van der Waals surface area contributed by atoms with Gasteiger partial charge in [-0.15, -0.1) is 0 Å². The molecule has 2 aromatic carbocycles. The largest absolute Gasteiger partial charge is 0.504 e. The van der Waals surface area contributed by atoms with E-state index in [0.717, 1.165) is 16.6 Å². The van der Waals surface area contributed by atoms with Crippen molar-refractivity contribution in [1.29, 1.82) is 0 Å². The standard InChI is InChI=1S/C16H14N2O3/c19-14-6-3-11(15(20)16(14)21)9-18-12-4-5-13-10(8-12)2-1-7-17-13/h1-8,18-21H,9H2. The summed E-state index contributed by atoms with van der Waals surface area (Å²) < 4.78 is 0. The number of benzene rings is 2. The molecule has 0 spiro atoms. The van der Waals surface area contributed by atoms with Crippen LogP contribution in [0.3, 0.4) is 0 Å². The maximum Gasteiger partial charge on any atom is 0.200 e. The van der Waals surface area contributed by atoms with Crippen LogP contribution < -0.4 is 5.32 Å². The predicted octanol–water partition coefficient (Wildman–Crippen LogP) is 2.96. The molecule has 0 aliphatic rings. The molecule has 0 amide bonds. The monoisotopic (exact) mass is 282 g/mol. The molecular formula is C16H14N2O3. The number of phenolic OH excluding ortho intramolecular Hbond substituents is 3. The van der Waals surface area contributed by atoms with E-state index in [0.29, 0.717) is 12.1 Å². The lowest BCUT2D eigenvalue weighted by Gasteiger charge is -2.10. The molecule has 3 rings (SSSR count). The topological polar surface area (TPSA) is 85.6 Å². The number of nitrogens with zero attached hydrogens (tertiary/aromatic N) is 1. The van der Waals surface area contributed by atoms with Crippen LogP contribution in [-0.2, 0) is 6.54 Å². The van der Waals surface area contributed by atoms with Gasteiger partial charge in [-0.2, -0.15) is 0 Å². The third-order valence-electron chi connectivity index (χ3n) is 3.30. The number of pyridine rings is 1. The van der Waals surface area contributed by atoms with Crippen LogP contribution in [0.4, 0.5) is 5.69 Å². The number of fused-ring (bicyclic) bond motifs is 1. The van der Waals surface area contributed by atoms with Crippen LogP contribution in [-0.4, -0.2) is 20.3 Å². The van der Waals surface area contributed by atoms with Crippen LogP contribution in [0.5, 0.6) is 17.2 Å². The Bertz CT molecular complexity index is 803. The van der Waals surface area contributed by atoms with E-state index in [1.54, 1.807) is 12.3 Å². The van der Waals surface area contributed by atoms with E-state index in [2.05, 4.69) is 10.3 Å². The first-order valence-corrected chi connectivity index (χ1v) is 6.46. The zero-order valence-corrected chi connectivity index (χ0v) is 11.1. The average molecular weight is 282 g/mol. The first-order chi connectivity index (χ1) is 10.1. The van der Waals surface area contributed by atoms with E-state index < -0.39 is 5.75 Å². The van der Waals surface area contributed by atoms with Crippen molar-refractivity contribution in [2.45, 2.75) is 6.54 Å². The summed E-state index contributed by atoms with van der Waals surface area (Å²) in [4.78, 5) is 4.25. The molecule has 0 radical (unpaired) electrons. The van der Waals surface area contributed by atoms with Crippen molar-refractivity contribution in [3.63, 3.8) is 0 Å². The quantitative estimate of drug-likeness (QED) is 0.555. The zero-order valence-electron chi connectivity index (χ0n) is 11.1. The van der Waals surface area contributed by atoms with E-state index in [-0.39, 0.29) is 11.5 Å². The molecule has 0 aliphatic carbocycles. The van der Waals surface area contributed by atoms with Gasteiger partial charge >= 0.3 is 0 Å². The smallest absolute Gasteiger partial charge is 0.200 e. The van der Waals surface area contributed by atoms with Crippen molar-refractivity contribution in [2.75, 3.05) is 5.32 Å². The summed E-state index contributed by atoms with van der Waals surface area (Å²) in [5.41, 5.74) is 2.28. The van der Waals surface area contributed by atoms with Gasteiger partial charge in [-0.3, -0.25) is 4.98 Å². The Morgan fingerprint density at radius 1 is 0.952 bits per heavy atom. The number of phenols is 3. The molecule has 0 bridgehead atoms. The van der Waals surface area contributed by atoms with Gasteiger partial charge in [0, 0.05) is 29.4 Å². The minimum absolute atomic E-state index is 0.315. The molecular weight excluding hydrogens is 268 g/mol. The molecule has 3 aromatic rings. The number of hydrogen-bond donors (Lipinski definition) is 4. The van der Waals surface area contributed by atoms with Gasteiger partial charge < -0.3 is 20.6 Å². The lowest BCUT2D eigenvalue weighted by Crippen LogP contribution is -1.99. The van der Waals surface area contributed by atoms with Gasteiger partial charge in [0.15, 0.2) is 11.5 Å². The predicted molar refractivity (Wildman–Crippen MR) is 80.5 cm³/mol. The van der Waals surface area contributed by atoms with Gasteiger partial charge in [0.1, 0.15) is 0 Å². The molecule has 0 aliphatic heterocycles. The van der Waals surface area contributed by atoms with E-state index >= 15 is 0 Å². The van der Waals surface area contributed by atoms with Gasteiger partial charge in [-0.1, -0.05) is 6.07 Å². The maximum absolute atomic E-state index is 9.77. The van der Waals surface area contributed by atoms with E-state index in [1.807, 2.05) is 30.3 Å². The first kappa shape index (κ1) is 13.1. The number of anilines is 1. The summed E-state index contributed by atoms with van der Waals surface area (Å²) >= 11 is 0. The van der Waals surface area contributed by atoms with Gasteiger partial charge in [0.2, 0.25) is 5.75 Å². The molecule has 0 unspecified atom stereocenters. The fourth-order valence-corrected chi connectivity index (χ4v) is 2.14. The van der Waals surface area contributed by atoms with Crippen molar-refractivity contribution in [1.82, 2.24) is 4.98 Å². The number of aromatic nitrogens is 1. The third kappa shape index (κ3) is 2.53. The van der Waals surface area contributed by atoms with Crippen LogP contribution in [0.15, 0.2) is 48.7 Å². The fraction of sp³-hybridized carbons (Fsp3) is 0.0625. The molecule has 1 aromatic heterocycles. The number of aromatic hydroxyl groups is 3. The van der Waals surface area contributed by atoms with Gasteiger partial charge in [-0.25, -0.2) is 0 Å². The molecule has 0 atom stereocenters. The Kier molecular flexibility index (Phi) is 3.23. The van der Waals surface area contributed by atoms with E-state index in [1.165, 1.54) is 6.07 Å². The van der Waals surface area contributed by atoms with Crippen LogP contribution in [0.2, 0.25) is 0 Å². The molecule has 21 heavy (non-hydrogen) atoms. The summed E-state index contributed by atoms with van der Waals surface area (Å²) in [5, 5.41) is 32.7. The Hall–Kier alpha value is -2.95. The highest BCUT2D eigenvalue weighted by Crippen LogP contribution is 2.37. The first-order valence-electron chi connectivity index (χ1n) is 6.46.